The van der Waals surface area contributed by atoms with Crippen molar-refractivity contribution in [3.05, 3.63) is 121 Å². The number of rotatable bonds is 8. The number of esters is 2. The zero-order valence-electron chi connectivity index (χ0n) is 50.2. The van der Waals surface area contributed by atoms with Gasteiger partial charge in [0.1, 0.15) is 49.1 Å². The molecule has 8 bridgehead atoms. The number of hydrogen-bond donors (Lipinski definition) is 0. The second kappa shape index (κ2) is 25.1. The highest BCUT2D eigenvalue weighted by molar-refractivity contribution is 7.97. The van der Waals surface area contributed by atoms with E-state index >= 15 is 0 Å². The number of carbonyl (C=O) groups excluding carboxylic acids is 2. The average Bonchev–Trinajstić information content (AvgIpc) is 1.74. The molecule has 0 aromatic heterocycles. The molecule has 0 N–H and O–H groups in total. The summed E-state index contributed by atoms with van der Waals surface area (Å²) in [6.07, 6.45) is 2.93. The van der Waals surface area contributed by atoms with E-state index < -0.39 is 120 Å². The quantitative estimate of drug-likeness (QED) is 0.0970. The molecule has 23 heteroatoms. The molecule has 4 aromatic carbocycles. The number of hydrogen-bond acceptors (Lipinski definition) is 9. The van der Waals surface area contributed by atoms with E-state index in [1.165, 1.54) is 36.7 Å². The van der Waals surface area contributed by atoms with Crippen molar-refractivity contribution in [3.63, 3.8) is 0 Å². The Morgan fingerprint density at radius 2 is 0.764 bits per heavy atom. The van der Waals surface area contributed by atoms with Gasteiger partial charge >= 0.3 is 47.5 Å². The van der Waals surface area contributed by atoms with Crippen molar-refractivity contribution in [1.82, 2.24) is 0 Å². The Morgan fingerprint density at radius 1 is 0.461 bits per heavy atom. The smallest absolute Gasteiger partial charge is 0.377 e. The lowest BCUT2D eigenvalue weighted by Crippen LogP contribution is -2.66. The van der Waals surface area contributed by atoms with Gasteiger partial charge in [-0.1, -0.05) is 87.5 Å². The molecule has 11 fully saturated rings. The fraction of sp³-hybridized carbons (Fsp3) is 0.606. The third-order valence-electron chi connectivity index (χ3n) is 18.8. The molecule has 0 radical (unpaired) electrons. The number of ether oxygens (including phenoxy) is 7. The summed E-state index contributed by atoms with van der Waals surface area (Å²) in [7, 11) is 0.417. The Labute approximate surface area is 516 Å². The summed E-state index contributed by atoms with van der Waals surface area (Å²) < 4.78 is 200. The summed E-state index contributed by atoms with van der Waals surface area (Å²) in [5.41, 5.74) is -0.616. The van der Waals surface area contributed by atoms with Gasteiger partial charge in [-0.25, -0.2) is 9.59 Å². The van der Waals surface area contributed by atoms with E-state index in [1.54, 1.807) is 0 Å². The van der Waals surface area contributed by atoms with Gasteiger partial charge < -0.3 is 33.2 Å². The van der Waals surface area contributed by atoms with E-state index in [0.29, 0.717) is 63.3 Å². The van der Waals surface area contributed by atoms with Crippen molar-refractivity contribution in [2.24, 2.45) is 35.5 Å². The van der Waals surface area contributed by atoms with Crippen molar-refractivity contribution < 1.29 is 95.4 Å². The molecule has 89 heavy (non-hydrogen) atoms. The second-order valence-corrected chi connectivity index (χ2v) is 30.9. The van der Waals surface area contributed by atoms with Crippen molar-refractivity contribution in [3.8, 4) is 0 Å². The molecule has 3 aliphatic heterocycles. The maximum absolute atomic E-state index is 13.7. The first kappa shape index (κ1) is 67.4. The molecule has 2 spiro atoms. The summed E-state index contributed by atoms with van der Waals surface area (Å²) in [5, 5.41) is 0. The zero-order chi connectivity index (χ0) is 64.3. The van der Waals surface area contributed by atoms with Crippen molar-refractivity contribution in [2.45, 2.75) is 182 Å². The summed E-state index contributed by atoms with van der Waals surface area (Å²) in [4.78, 5) is 29.0. The van der Waals surface area contributed by atoms with E-state index in [2.05, 4.69) is 136 Å². The van der Waals surface area contributed by atoms with Gasteiger partial charge in [0.25, 0.3) is 0 Å². The second-order valence-electron chi connectivity index (χ2n) is 26.6. The van der Waals surface area contributed by atoms with E-state index in [4.69, 9.17) is 33.2 Å². The SMILES string of the molecule is CC(C)(C)c1ccc([S+]2CCOCC2)cc1.CC(F)(F)C(=O)OC12CC3CC(C1)C1(OCC(F)(F)C(F)(F)CO1)C(C3)C2.CC(F)(F)C(=O)OC12CC3CC(C1)C1(OCC(F)(F)C(F)(F)CO1)C(C3)C2.c1ccc([S+](c2ccccc2)c2ccccc2)cc1. The molecule has 11 aliphatic rings. The largest absolute Gasteiger partial charge is 0.455 e. The van der Waals surface area contributed by atoms with E-state index in [-0.39, 0.29) is 53.8 Å². The molecule has 9 nitrogen and oxygen atoms in total. The first-order valence-electron chi connectivity index (χ1n) is 30.1. The molecular formula is C66H76F12O9S2+2. The molecule has 15 rings (SSSR count). The van der Waals surface area contributed by atoms with Gasteiger partial charge in [-0.3, -0.25) is 0 Å². The lowest BCUT2D eigenvalue weighted by molar-refractivity contribution is -0.355. The molecule has 4 atom stereocenters. The van der Waals surface area contributed by atoms with Gasteiger partial charge in [0.2, 0.25) is 0 Å². The molecule has 8 saturated carbocycles. The average molecular weight is 1310 g/mol. The standard InChI is InChI=1S/C18H15S.2C17H20F6O4.C14H21OS/c1-4-10-16(11-5-1)19(17-12-6-2-7-13-17)18-14-8-3-9-15-18;2*1-13(18,19)12(24)27-14-4-9-2-10(5-14)17(11(3-9)6-14)25-7-15(20,21)16(22,23)8-26-17;1-14(2,3)12-4-6-13(7-5-12)16-10-8-15-9-11-16/h1-15H;2*9-11H,2-8H2,1H3;4-7H,8-11H2,1-3H3/q+1;;;+1. The molecule has 3 saturated heterocycles. The lowest BCUT2D eigenvalue weighted by Gasteiger charge is -2.63. The lowest BCUT2D eigenvalue weighted by atomic mass is 9.51. The highest BCUT2D eigenvalue weighted by Crippen LogP contribution is 2.66. The fourth-order valence-electron chi connectivity index (χ4n) is 14.8. The minimum absolute atomic E-state index is 0.0146. The Morgan fingerprint density at radius 3 is 1.04 bits per heavy atom. The van der Waals surface area contributed by atoms with Crippen LogP contribution in [0.1, 0.15) is 104 Å². The van der Waals surface area contributed by atoms with Gasteiger partial charge in [-0.2, -0.15) is 52.7 Å². The number of alkyl halides is 12. The minimum atomic E-state index is -4.36. The van der Waals surface area contributed by atoms with Crippen LogP contribution in [-0.2, 0) is 70.0 Å². The molecular weight excluding hydrogens is 1230 g/mol. The highest BCUT2D eigenvalue weighted by atomic mass is 32.2. The molecule has 4 unspecified atom stereocenters. The summed E-state index contributed by atoms with van der Waals surface area (Å²) >= 11 is 0. The van der Waals surface area contributed by atoms with Gasteiger partial charge in [-0.05, 0) is 136 Å². The molecule has 8 aliphatic carbocycles. The molecule has 0 amide bonds. The van der Waals surface area contributed by atoms with Crippen LogP contribution in [0.2, 0.25) is 0 Å². The van der Waals surface area contributed by atoms with Gasteiger partial charge in [-0.15, -0.1) is 0 Å². The maximum Gasteiger partial charge on any atom is 0.377 e. The highest BCUT2D eigenvalue weighted by Gasteiger charge is 2.72. The fourth-order valence-corrected chi connectivity index (χ4v) is 18.7. The Bertz CT molecular complexity index is 2790. The third kappa shape index (κ3) is 14.2. The molecule has 3 heterocycles. The predicted molar refractivity (Wildman–Crippen MR) is 308 cm³/mol. The van der Waals surface area contributed by atoms with Crippen molar-refractivity contribution >= 4 is 33.7 Å². The van der Waals surface area contributed by atoms with Gasteiger partial charge in [0.15, 0.2) is 31.2 Å². The van der Waals surface area contributed by atoms with Crippen LogP contribution in [0.3, 0.4) is 0 Å². The van der Waals surface area contributed by atoms with Crippen LogP contribution in [0.15, 0.2) is 135 Å². The van der Waals surface area contributed by atoms with Gasteiger partial charge in [0, 0.05) is 48.4 Å². The van der Waals surface area contributed by atoms with Crippen LogP contribution in [-0.4, -0.2) is 121 Å². The van der Waals surface area contributed by atoms with Crippen LogP contribution >= 0.6 is 0 Å². The molecule has 488 valence electrons. The number of carbonyl (C=O) groups is 2. The Hall–Kier alpha value is -4.52. The Balaban J connectivity index is 0.000000134. The third-order valence-corrected chi connectivity index (χ3v) is 23.3. The topological polar surface area (TPSA) is 98.8 Å². The first-order chi connectivity index (χ1) is 41.6. The monoisotopic (exact) mass is 1300 g/mol. The molecule has 4 aromatic rings. The number of halogens is 12. The van der Waals surface area contributed by atoms with E-state index in [0.717, 1.165) is 13.2 Å². The maximum atomic E-state index is 13.7. The van der Waals surface area contributed by atoms with Crippen molar-refractivity contribution in [1.29, 1.82) is 0 Å². The van der Waals surface area contributed by atoms with Gasteiger partial charge in [0.05, 0.1) is 24.1 Å². The van der Waals surface area contributed by atoms with E-state index in [9.17, 15) is 62.3 Å². The van der Waals surface area contributed by atoms with Crippen LogP contribution in [0.25, 0.3) is 0 Å². The van der Waals surface area contributed by atoms with E-state index in [1.807, 2.05) is 0 Å². The summed E-state index contributed by atoms with van der Waals surface area (Å²) in [6.45, 7) is 3.65. The first-order valence-corrected chi connectivity index (χ1v) is 32.9. The summed E-state index contributed by atoms with van der Waals surface area (Å²) in [5.74, 6) is -31.1. The van der Waals surface area contributed by atoms with Crippen molar-refractivity contribution in [2.75, 3.05) is 51.1 Å². The van der Waals surface area contributed by atoms with Crippen LogP contribution in [0.4, 0.5) is 52.7 Å². The minimum Gasteiger partial charge on any atom is -0.455 e. The van der Waals surface area contributed by atoms with Crippen LogP contribution in [0.5, 0.6) is 0 Å². The van der Waals surface area contributed by atoms with Crippen LogP contribution in [0, 0.1) is 35.5 Å². The van der Waals surface area contributed by atoms with Crippen LogP contribution < -0.4 is 0 Å². The normalized spacial score (nSPS) is 30.7. The number of benzene rings is 4. The Kier molecular flexibility index (Phi) is 19.0. The summed E-state index contributed by atoms with van der Waals surface area (Å²) in [6, 6.07) is 41.4. The predicted octanol–water partition coefficient (Wildman–Crippen LogP) is 15.3. The zero-order valence-corrected chi connectivity index (χ0v) is 51.8.